The summed E-state index contributed by atoms with van der Waals surface area (Å²) in [5, 5.41) is 0. The molecule has 0 amide bonds. The second-order valence-corrected chi connectivity index (χ2v) is 5.06. The highest BCUT2D eigenvalue weighted by molar-refractivity contribution is 5.97. The average Bonchev–Trinajstić information content (AvgIpc) is 2.48. The normalized spacial score (nSPS) is 10.7. The minimum absolute atomic E-state index is 0.262. The van der Waals surface area contributed by atoms with Crippen molar-refractivity contribution in [3.05, 3.63) is 65.2 Å². The molecule has 0 unspecified atom stereocenters. The number of benzene rings is 2. The number of ether oxygens (including phenoxy) is 1. The molecule has 2 aromatic carbocycles. The molecule has 0 aliphatic rings. The number of carbonyl (C=O) groups is 1. The highest BCUT2D eigenvalue weighted by Crippen LogP contribution is 2.19. The van der Waals surface area contributed by atoms with Crippen LogP contribution in [0.2, 0.25) is 0 Å². The van der Waals surface area contributed by atoms with E-state index in [1.807, 2.05) is 12.1 Å². The fourth-order valence-corrected chi connectivity index (χ4v) is 1.87. The van der Waals surface area contributed by atoms with Gasteiger partial charge < -0.3 is 4.74 Å². The Morgan fingerprint density at radius 1 is 1.10 bits per heavy atom. The Balaban J connectivity index is 2.03. The first-order chi connectivity index (χ1) is 9.97. The maximum atomic E-state index is 13.4. The molecule has 0 radical (unpaired) electrons. The lowest BCUT2D eigenvalue weighted by Gasteiger charge is -2.08. The standard InChI is InChI=1S/C17H16F2O2/c1-11(2)12-3-5-13(6-4-12)16(20)10-21-17-9-14(18)7-8-15(17)19/h3-9,11H,10H2,1-2H3. The van der Waals surface area contributed by atoms with Crippen molar-refractivity contribution in [2.45, 2.75) is 19.8 Å². The van der Waals surface area contributed by atoms with Crippen LogP contribution in [-0.2, 0) is 0 Å². The molecule has 0 fully saturated rings. The number of carbonyl (C=O) groups excluding carboxylic acids is 1. The van der Waals surface area contributed by atoms with Crippen molar-refractivity contribution >= 4 is 5.78 Å². The molecule has 2 rings (SSSR count). The van der Waals surface area contributed by atoms with Crippen LogP contribution in [0.5, 0.6) is 5.75 Å². The van der Waals surface area contributed by atoms with Gasteiger partial charge in [0.25, 0.3) is 0 Å². The predicted octanol–water partition coefficient (Wildman–Crippen LogP) is 4.35. The van der Waals surface area contributed by atoms with Gasteiger partial charge in [-0.25, -0.2) is 8.78 Å². The molecule has 110 valence electrons. The molecule has 0 bridgehead atoms. The summed E-state index contributed by atoms with van der Waals surface area (Å²) in [6, 6.07) is 10.1. The van der Waals surface area contributed by atoms with Crippen LogP contribution >= 0.6 is 0 Å². The quantitative estimate of drug-likeness (QED) is 0.765. The Morgan fingerprint density at radius 2 is 1.76 bits per heavy atom. The van der Waals surface area contributed by atoms with E-state index in [4.69, 9.17) is 4.74 Å². The van der Waals surface area contributed by atoms with Gasteiger partial charge in [-0.15, -0.1) is 0 Å². The molecule has 0 N–H and O–H groups in total. The maximum absolute atomic E-state index is 13.4. The SMILES string of the molecule is CC(C)c1ccc(C(=O)COc2cc(F)ccc2F)cc1. The molecule has 0 heterocycles. The van der Waals surface area contributed by atoms with E-state index >= 15 is 0 Å². The number of ketones is 1. The Labute approximate surface area is 122 Å². The van der Waals surface area contributed by atoms with Crippen molar-refractivity contribution in [1.82, 2.24) is 0 Å². The van der Waals surface area contributed by atoms with Crippen molar-refractivity contribution in [3.63, 3.8) is 0 Å². The van der Waals surface area contributed by atoms with Gasteiger partial charge in [-0.05, 0) is 23.6 Å². The fraction of sp³-hybridized carbons (Fsp3) is 0.235. The van der Waals surface area contributed by atoms with E-state index in [9.17, 15) is 13.6 Å². The molecule has 4 heteroatoms. The van der Waals surface area contributed by atoms with E-state index in [0.717, 1.165) is 23.8 Å². The summed E-state index contributed by atoms with van der Waals surface area (Å²) in [6.07, 6.45) is 0. The number of rotatable bonds is 5. The third kappa shape index (κ3) is 3.88. The third-order valence-electron chi connectivity index (χ3n) is 3.15. The Hall–Kier alpha value is -2.23. The number of hydrogen-bond acceptors (Lipinski definition) is 2. The first-order valence-electron chi connectivity index (χ1n) is 6.68. The average molecular weight is 290 g/mol. The van der Waals surface area contributed by atoms with Crippen LogP contribution in [0.25, 0.3) is 0 Å². The van der Waals surface area contributed by atoms with Crippen LogP contribution in [0.15, 0.2) is 42.5 Å². The Kier molecular flexibility index (Phi) is 4.68. The highest BCUT2D eigenvalue weighted by atomic mass is 19.1. The van der Waals surface area contributed by atoms with Crippen molar-refractivity contribution in [2.75, 3.05) is 6.61 Å². The van der Waals surface area contributed by atoms with Crippen LogP contribution in [0.4, 0.5) is 8.78 Å². The molecular formula is C17H16F2O2. The monoisotopic (exact) mass is 290 g/mol. The number of halogens is 2. The van der Waals surface area contributed by atoms with Gasteiger partial charge in [0.1, 0.15) is 5.82 Å². The van der Waals surface area contributed by atoms with Gasteiger partial charge in [0.15, 0.2) is 24.0 Å². The van der Waals surface area contributed by atoms with Gasteiger partial charge in [-0.1, -0.05) is 38.1 Å². The third-order valence-corrected chi connectivity index (χ3v) is 3.15. The first-order valence-corrected chi connectivity index (χ1v) is 6.68. The molecule has 0 aliphatic heterocycles. The van der Waals surface area contributed by atoms with Gasteiger partial charge in [0.2, 0.25) is 0 Å². The van der Waals surface area contributed by atoms with E-state index in [1.165, 1.54) is 0 Å². The van der Waals surface area contributed by atoms with Crippen LogP contribution in [-0.4, -0.2) is 12.4 Å². The first kappa shape index (κ1) is 15.2. The topological polar surface area (TPSA) is 26.3 Å². The number of hydrogen-bond donors (Lipinski definition) is 0. The molecule has 0 saturated carbocycles. The molecule has 0 aliphatic carbocycles. The van der Waals surface area contributed by atoms with Gasteiger partial charge in [-0.2, -0.15) is 0 Å². The maximum Gasteiger partial charge on any atom is 0.200 e. The molecule has 0 atom stereocenters. The molecule has 0 aromatic heterocycles. The van der Waals surface area contributed by atoms with Crippen molar-refractivity contribution in [3.8, 4) is 5.75 Å². The van der Waals surface area contributed by atoms with Gasteiger partial charge >= 0.3 is 0 Å². The molecular weight excluding hydrogens is 274 g/mol. The summed E-state index contributed by atoms with van der Waals surface area (Å²) in [7, 11) is 0. The van der Waals surface area contributed by atoms with Gasteiger partial charge in [0, 0.05) is 11.6 Å². The summed E-state index contributed by atoms with van der Waals surface area (Å²) in [5.74, 6) is -1.47. The summed E-state index contributed by atoms with van der Waals surface area (Å²) < 4.78 is 31.4. The smallest absolute Gasteiger partial charge is 0.200 e. The van der Waals surface area contributed by atoms with Crippen LogP contribution in [0.1, 0.15) is 35.7 Å². The fourth-order valence-electron chi connectivity index (χ4n) is 1.87. The van der Waals surface area contributed by atoms with E-state index in [0.29, 0.717) is 11.5 Å². The number of Topliss-reactive ketones (excluding diaryl/α,β-unsaturated/α-hetero) is 1. The van der Waals surface area contributed by atoms with Crippen molar-refractivity contribution in [1.29, 1.82) is 0 Å². The predicted molar refractivity (Wildman–Crippen MR) is 76.7 cm³/mol. The van der Waals surface area contributed by atoms with Crippen molar-refractivity contribution in [2.24, 2.45) is 0 Å². The zero-order chi connectivity index (χ0) is 15.4. The second-order valence-electron chi connectivity index (χ2n) is 5.06. The van der Waals surface area contributed by atoms with E-state index in [1.54, 1.807) is 12.1 Å². The van der Waals surface area contributed by atoms with E-state index in [2.05, 4.69) is 13.8 Å². The molecule has 2 aromatic rings. The van der Waals surface area contributed by atoms with E-state index in [-0.39, 0.29) is 18.1 Å². The van der Waals surface area contributed by atoms with Crippen molar-refractivity contribution < 1.29 is 18.3 Å². The minimum Gasteiger partial charge on any atom is -0.482 e. The highest BCUT2D eigenvalue weighted by Gasteiger charge is 2.10. The van der Waals surface area contributed by atoms with Gasteiger partial charge in [0.05, 0.1) is 0 Å². The lowest BCUT2D eigenvalue weighted by molar-refractivity contribution is 0.0918. The largest absolute Gasteiger partial charge is 0.482 e. The lowest BCUT2D eigenvalue weighted by Crippen LogP contribution is -2.12. The van der Waals surface area contributed by atoms with Crippen LogP contribution in [0.3, 0.4) is 0 Å². The van der Waals surface area contributed by atoms with Gasteiger partial charge in [-0.3, -0.25) is 4.79 Å². The zero-order valence-corrected chi connectivity index (χ0v) is 11.9. The molecule has 0 spiro atoms. The molecule has 0 saturated heterocycles. The summed E-state index contributed by atoms with van der Waals surface area (Å²) in [4.78, 5) is 12.0. The molecule has 21 heavy (non-hydrogen) atoms. The Bertz CT molecular complexity index is 634. The Morgan fingerprint density at radius 3 is 2.38 bits per heavy atom. The van der Waals surface area contributed by atoms with Crippen LogP contribution in [0, 0.1) is 11.6 Å². The van der Waals surface area contributed by atoms with Crippen LogP contribution < -0.4 is 4.74 Å². The minimum atomic E-state index is -0.695. The van der Waals surface area contributed by atoms with E-state index < -0.39 is 11.6 Å². The molecule has 2 nitrogen and oxygen atoms in total. The summed E-state index contributed by atoms with van der Waals surface area (Å²) in [6.45, 7) is 3.79. The summed E-state index contributed by atoms with van der Waals surface area (Å²) in [5.41, 5.74) is 1.61. The summed E-state index contributed by atoms with van der Waals surface area (Å²) >= 11 is 0. The second kappa shape index (κ2) is 6.48. The zero-order valence-electron chi connectivity index (χ0n) is 11.9. The lowest BCUT2D eigenvalue weighted by atomic mass is 10.0.